The van der Waals surface area contributed by atoms with Crippen molar-refractivity contribution in [1.29, 1.82) is 0 Å². The van der Waals surface area contributed by atoms with Gasteiger partial charge < -0.3 is 15.7 Å². The summed E-state index contributed by atoms with van der Waals surface area (Å²) in [4.78, 5) is 12.1. The number of hydrogen-bond acceptors (Lipinski definition) is 3. The predicted octanol–water partition coefficient (Wildman–Crippen LogP) is 2.60. The molecule has 2 amide bonds. The van der Waals surface area contributed by atoms with Gasteiger partial charge >= 0.3 is 6.03 Å². The first-order valence-electron chi connectivity index (χ1n) is 8.07. The number of anilines is 1. The molecule has 0 unspecified atom stereocenters. The van der Waals surface area contributed by atoms with Crippen molar-refractivity contribution in [3.05, 3.63) is 78.6 Å². The zero-order valence-electron chi connectivity index (χ0n) is 13.7. The second kappa shape index (κ2) is 8.12. The Balaban J connectivity index is 1.56. The van der Waals surface area contributed by atoms with Crippen molar-refractivity contribution >= 4 is 11.7 Å². The molecule has 0 radical (unpaired) electrons. The number of rotatable bonds is 6. The Hall–Kier alpha value is -3.12. The molecule has 25 heavy (non-hydrogen) atoms. The molecule has 1 heterocycles. The van der Waals surface area contributed by atoms with Crippen molar-refractivity contribution in [3.63, 3.8) is 0 Å². The molecule has 0 aliphatic rings. The van der Waals surface area contributed by atoms with Gasteiger partial charge in [0.25, 0.3) is 0 Å². The summed E-state index contributed by atoms with van der Waals surface area (Å²) >= 11 is 0. The van der Waals surface area contributed by atoms with Gasteiger partial charge in [-0.25, -0.2) is 9.48 Å². The molecule has 6 nitrogen and oxygen atoms in total. The van der Waals surface area contributed by atoms with Crippen molar-refractivity contribution in [2.75, 3.05) is 11.9 Å². The van der Waals surface area contributed by atoms with Crippen LogP contribution in [0, 0.1) is 0 Å². The normalized spacial score (nSPS) is 11.7. The quantitative estimate of drug-likeness (QED) is 0.647. The van der Waals surface area contributed by atoms with Crippen molar-refractivity contribution < 1.29 is 9.90 Å². The van der Waals surface area contributed by atoms with Crippen molar-refractivity contribution in [1.82, 2.24) is 15.1 Å². The molecule has 128 valence electrons. The fourth-order valence-electron chi connectivity index (χ4n) is 2.53. The van der Waals surface area contributed by atoms with Crippen LogP contribution in [0.4, 0.5) is 10.5 Å². The molecule has 0 saturated carbocycles. The van der Waals surface area contributed by atoms with Crippen LogP contribution in [-0.2, 0) is 6.42 Å². The Kier molecular flexibility index (Phi) is 5.43. The smallest absolute Gasteiger partial charge is 0.319 e. The Morgan fingerprint density at radius 2 is 1.84 bits per heavy atom. The van der Waals surface area contributed by atoms with Gasteiger partial charge in [-0.15, -0.1) is 0 Å². The minimum atomic E-state index is -0.346. The summed E-state index contributed by atoms with van der Waals surface area (Å²) in [6.07, 6.45) is 4.13. The van der Waals surface area contributed by atoms with Gasteiger partial charge in [0.05, 0.1) is 18.3 Å². The van der Waals surface area contributed by atoms with Gasteiger partial charge in [0, 0.05) is 18.1 Å². The lowest BCUT2D eigenvalue weighted by atomic mass is 10.1. The molecule has 0 spiro atoms. The van der Waals surface area contributed by atoms with E-state index >= 15 is 0 Å². The first-order valence-corrected chi connectivity index (χ1v) is 8.07. The summed E-state index contributed by atoms with van der Waals surface area (Å²) in [6.45, 7) is -0.124. The van der Waals surface area contributed by atoms with Crippen LogP contribution >= 0.6 is 0 Å². The average molecular weight is 336 g/mol. The summed E-state index contributed by atoms with van der Waals surface area (Å²) in [5.41, 5.74) is 2.64. The number of nitrogens with zero attached hydrogens (tertiary/aromatic N) is 2. The van der Waals surface area contributed by atoms with E-state index in [-0.39, 0.29) is 18.7 Å². The number of aliphatic hydroxyl groups excluding tert-OH is 1. The number of carbonyl (C=O) groups excluding carboxylic acids is 1. The number of urea groups is 1. The summed E-state index contributed by atoms with van der Waals surface area (Å²) in [6, 6.07) is 18.3. The highest BCUT2D eigenvalue weighted by Crippen LogP contribution is 2.12. The van der Waals surface area contributed by atoms with Crippen molar-refractivity contribution in [3.8, 4) is 5.69 Å². The number of benzene rings is 2. The van der Waals surface area contributed by atoms with Crippen LogP contribution in [0.1, 0.15) is 5.56 Å². The van der Waals surface area contributed by atoms with Gasteiger partial charge in [-0.2, -0.15) is 5.10 Å². The van der Waals surface area contributed by atoms with Gasteiger partial charge in [0.2, 0.25) is 0 Å². The Morgan fingerprint density at radius 1 is 1.08 bits per heavy atom. The van der Waals surface area contributed by atoms with E-state index in [0.29, 0.717) is 12.1 Å². The van der Waals surface area contributed by atoms with Crippen LogP contribution in [0.15, 0.2) is 73.1 Å². The molecule has 1 atom stereocenters. The molecule has 0 aliphatic heterocycles. The fraction of sp³-hybridized carbons (Fsp3) is 0.158. The van der Waals surface area contributed by atoms with E-state index in [4.69, 9.17) is 0 Å². The second-order valence-corrected chi connectivity index (χ2v) is 5.67. The third-order valence-corrected chi connectivity index (χ3v) is 3.77. The summed E-state index contributed by atoms with van der Waals surface area (Å²) < 4.78 is 1.74. The van der Waals surface area contributed by atoms with Gasteiger partial charge in [-0.3, -0.25) is 0 Å². The number of hydrogen-bond donors (Lipinski definition) is 3. The molecule has 0 saturated heterocycles. The van der Waals surface area contributed by atoms with Crippen molar-refractivity contribution in [2.45, 2.75) is 12.5 Å². The van der Waals surface area contributed by atoms with E-state index in [1.807, 2.05) is 66.9 Å². The van der Waals surface area contributed by atoms with E-state index in [1.165, 1.54) is 0 Å². The number of aromatic nitrogens is 2. The minimum absolute atomic E-state index is 0.124. The maximum absolute atomic E-state index is 12.1. The van der Waals surface area contributed by atoms with Crippen molar-refractivity contribution in [2.24, 2.45) is 0 Å². The third kappa shape index (κ3) is 4.68. The summed E-state index contributed by atoms with van der Waals surface area (Å²) in [5, 5.41) is 19.2. The van der Waals surface area contributed by atoms with Gasteiger partial charge in [0.15, 0.2) is 0 Å². The topological polar surface area (TPSA) is 79.2 Å². The molecular formula is C19H20N4O2. The van der Waals surface area contributed by atoms with Gasteiger partial charge in [-0.1, -0.05) is 30.3 Å². The number of amides is 2. The summed E-state index contributed by atoms with van der Waals surface area (Å²) in [5.74, 6) is 0. The van der Waals surface area contributed by atoms with E-state index in [9.17, 15) is 9.90 Å². The van der Waals surface area contributed by atoms with E-state index < -0.39 is 0 Å². The molecule has 3 N–H and O–H groups in total. The third-order valence-electron chi connectivity index (χ3n) is 3.77. The molecule has 0 aliphatic carbocycles. The molecule has 3 aromatic rings. The van der Waals surface area contributed by atoms with Gasteiger partial charge in [0.1, 0.15) is 0 Å². The lowest BCUT2D eigenvalue weighted by Gasteiger charge is -2.17. The van der Waals surface area contributed by atoms with Crippen LogP contribution in [0.5, 0.6) is 0 Å². The largest absolute Gasteiger partial charge is 0.394 e. The highest BCUT2D eigenvalue weighted by Gasteiger charge is 2.12. The van der Waals surface area contributed by atoms with Crippen LogP contribution in [0.3, 0.4) is 0 Å². The van der Waals surface area contributed by atoms with E-state index in [0.717, 1.165) is 11.3 Å². The Morgan fingerprint density at radius 3 is 2.48 bits per heavy atom. The van der Waals surface area contributed by atoms with E-state index in [2.05, 4.69) is 15.7 Å². The molecule has 2 aromatic carbocycles. The van der Waals surface area contributed by atoms with E-state index in [1.54, 1.807) is 10.9 Å². The lowest BCUT2D eigenvalue weighted by Crippen LogP contribution is -2.41. The molecule has 1 aromatic heterocycles. The minimum Gasteiger partial charge on any atom is -0.394 e. The molecule has 0 bridgehead atoms. The average Bonchev–Trinajstić information content (AvgIpc) is 3.17. The zero-order chi connectivity index (χ0) is 17.5. The highest BCUT2D eigenvalue weighted by atomic mass is 16.3. The molecular weight excluding hydrogens is 316 g/mol. The Bertz CT molecular complexity index is 786. The maximum atomic E-state index is 12.1. The zero-order valence-corrected chi connectivity index (χ0v) is 13.7. The van der Waals surface area contributed by atoms with Crippen LogP contribution < -0.4 is 10.6 Å². The highest BCUT2D eigenvalue weighted by molar-refractivity contribution is 5.89. The predicted molar refractivity (Wildman–Crippen MR) is 96.7 cm³/mol. The van der Waals surface area contributed by atoms with Gasteiger partial charge in [-0.05, 0) is 42.3 Å². The molecule has 3 rings (SSSR count). The van der Waals surface area contributed by atoms with Crippen LogP contribution in [0.2, 0.25) is 0 Å². The van der Waals surface area contributed by atoms with Crippen LogP contribution in [-0.4, -0.2) is 33.6 Å². The first-order chi connectivity index (χ1) is 12.2. The molecule has 6 heteroatoms. The first kappa shape index (κ1) is 16.7. The fourth-order valence-corrected chi connectivity index (χ4v) is 2.53. The monoisotopic (exact) mass is 336 g/mol. The second-order valence-electron chi connectivity index (χ2n) is 5.67. The number of nitrogens with one attached hydrogen (secondary N) is 2. The molecule has 0 fully saturated rings. The summed E-state index contributed by atoms with van der Waals surface area (Å²) in [7, 11) is 0. The number of aliphatic hydroxyl groups is 1. The SMILES string of the molecule is O=C(Nc1ccc(-n2cccn2)cc1)N[C@@H](CO)Cc1ccccc1. The standard InChI is InChI=1S/C19H20N4O2/c24-14-17(13-15-5-2-1-3-6-15)22-19(25)21-16-7-9-18(10-8-16)23-12-4-11-20-23/h1-12,17,24H,13-14H2,(H2,21,22,25)/t17-/m1/s1. The maximum Gasteiger partial charge on any atom is 0.319 e. The van der Waals surface area contributed by atoms with Crippen LogP contribution in [0.25, 0.3) is 5.69 Å². The Labute approximate surface area is 146 Å². The lowest BCUT2D eigenvalue weighted by molar-refractivity contribution is 0.224. The number of carbonyl (C=O) groups is 1.